The molecule has 86 valence electrons. The minimum Gasteiger partial charge on any atom is -0.493 e. The number of rotatable bonds is 2. The summed E-state index contributed by atoms with van der Waals surface area (Å²) in [5.41, 5.74) is 10.3. The van der Waals surface area contributed by atoms with E-state index in [0.717, 1.165) is 38.2 Å². The predicted octanol–water partition coefficient (Wildman–Crippen LogP) is 1.68. The topological polar surface area (TPSA) is 38.5 Å². The highest BCUT2D eigenvalue weighted by atomic mass is 16.5. The number of hydrogen-bond donors (Lipinski definition) is 1. The van der Waals surface area contributed by atoms with Crippen molar-refractivity contribution in [1.29, 1.82) is 0 Å². The Morgan fingerprint density at radius 2 is 2.31 bits per heavy atom. The first-order chi connectivity index (χ1) is 7.81. The van der Waals surface area contributed by atoms with Crippen LogP contribution in [0.15, 0.2) is 12.1 Å². The van der Waals surface area contributed by atoms with Gasteiger partial charge in [-0.25, -0.2) is 0 Å². The van der Waals surface area contributed by atoms with Gasteiger partial charge in [-0.1, -0.05) is 13.0 Å². The Kier molecular flexibility index (Phi) is 2.28. The SMILES string of the molecule is CCC(N)N1CCc2ccc3c(c21)CCO3. The number of benzene rings is 1. The molecule has 1 atom stereocenters. The Hall–Kier alpha value is -1.22. The normalized spacial score (nSPS) is 19.2. The molecule has 0 saturated heterocycles. The molecular formula is C13H18N2O. The summed E-state index contributed by atoms with van der Waals surface area (Å²) in [5, 5.41) is 0. The van der Waals surface area contributed by atoms with Crippen molar-refractivity contribution in [3.63, 3.8) is 0 Å². The van der Waals surface area contributed by atoms with Gasteiger partial charge in [0.15, 0.2) is 0 Å². The fourth-order valence-corrected chi connectivity index (χ4v) is 2.77. The van der Waals surface area contributed by atoms with Gasteiger partial charge in [-0.2, -0.15) is 0 Å². The lowest BCUT2D eigenvalue weighted by atomic mass is 10.0. The molecule has 0 aliphatic carbocycles. The molecule has 3 rings (SSSR count). The van der Waals surface area contributed by atoms with Crippen LogP contribution in [-0.2, 0) is 12.8 Å². The van der Waals surface area contributed by atoms with E-state index in [4.69, 9.17) is 10.5 Å². The van der Waals surface area contributed by atoms with Crippen LogP contribution in [-0.4, -0.2) is 19.3 Å². The van der Waals surface area contributed by atoms with Crippen molar-refractivity contribution in [2.75, 3.05) is 18.1 Å². The predicted molar refractivity (Wildman–Crippen MR) is 65.0 cm³/mol. The van der Waals surface area contributed by atoms with Crippen molar-refractivity contribution in [2.24, 2.45) is 5.73 Å². The summed E-state index contributed by atoms with van der Waals surface area (Å²) in [4.78, 5) is 2.35. The molecule has 2 heterocycles. The average Bonchev–Trinajstić information content (AvgIpc) is 2.92. The van der Waals surface area contributed by atoms with Gasteiger partial charge in [0.05, 0.1) is 12.8 Å². The molecule has 2 aliphatic rings. The van der Waals surface area contributed by atoms with Gasteiger partial charge < -0.3 is 15.4 Å². The van der Waals surface area contributed by atoms with E-state index < -0.39 is 0 Å². The first-order valence-electron chi connectivity index (χ1n) is 6.11. The lowest BCUT2D eigenvalue weighted by Gasteiger charge is -2.27. The Morgan fingerprint density at radius 3 is 3.12 bits per heavy atom. The zero-order valence-corrected chi connectivity index (χ0v) is 9.70. The molecule has 16 heavy (non-hydrogen) atoms. The number of anilines is 1. The molecule has 0 radical (unpaired) electrons. The van der Waals surface area contributed by atoms with Gasteiger partial charge in [0.2, 0.25) is 0 Å². The Balaban J connectivity index is 2.07. The van der Waals surface area contributed by atoms with Crippen LogP contribution in [0.4, 0.5) is 5.69 Å². The molecule has 0 fully saturated rings. The van der Waals surface area contributed by atoms with Crippen LogP contribution in [0.5, 0.6) is 5.75 Å². The van der Waals surface area contributed by atoms with Crippen molar-refractivity contribution in [3.8, 4) is 5.75 Å². The van der Waals surface area contributed by atoms with Gasteiger partial charge in [-0.05, 0) is 24.5 Å². The molecule has 2 N–H and O–H groups in total. The Morgan fingerprint density at radius 1 is 1.44 bits per heavy atom. The van der Waals surface area contributed by atoms with E-state index in [0.29, 0.717) is 0 Å². The summed E-state index contributed by atoms with van der Waals surface area (Å²) in [6.45, 7) is 4.02. The number of hydrogen-bond acceptors (Lipinski definition) is 3. The second-order valence-electron chi connectivity index (χ2n) is 4.57. The van der Waals surface area contributed by atoms with Crippen LogP contribution in [0.1, 0.15) is 24.5 Å². The minimum atomic E-state index is 0.147. The van der Waals surface area contributed by atoms with E-state index in [9.17, 15) is 0 Å². The van der Waals surface area contributed by atoms with Gasteiger partial charge in [0, 0.05) is 24.2 Å². The third-order valence-corrected chi connectivity index (χ3v) is 3.66. The fraction of sp³-hybridized carbons (Fsp3) is 0.538. The zero-order valence-electron chi connectivity index (χ0n) is 9.70. The van der Waals surface area contributed by atoms with Crippen molar-refractivity contribution < 1.29 is 4.74 Å². The molecule has 0 bridgehead atoms. The second-order valence-corrected chi connectivity index (χ2v) is 4.57. The van der Waals surface area contributed by atoms with E-state index in [1.807, 2.05) is 0 Å². The van der Waals surface area contributed by atoms with E-state index >= 15 is 0 Å². The summed E-state index contributed by atoms with van der Waals surface area (Å²) in [5.74, 6) is 1.06. The third-order valence-electron chi connectivity index (χ3n) is 3.66. The lowest BCUT2D eigenvalue weighted by molar-refractivity contribution is 0.357. The molecule has 1 unspecified atom stereocenters. The molecule has 1 aromatic carbocycles. The summed E-state index contributed by atoms with van der Waals surface area (Å²) >= 11 is 0. The Labute approximate surface area is 96.2 Å². The molecule has 0 amide bonds. The maximum Gasteiger partial charge on any atom is 0.124 e. The van der Waals surface area contributed by atoms with E-state index in [2.05, 4.69) is 24.0 Å². The first kappa shape index (κ1) is 9.97. The summed E-state index contributed by atoms with van der Waals surface area (Å²) in [7, 11) is 0. The third kappa shape index (κ3) is 1.31. The lowest BCUT2D eigenvalue weighted by Crippen LogP contribution is -2.40. The molecule has 2 aliphatic heterocycles. The molecule has 0 spiro atoms. The number of fused-ring (bicyclic) bond motifs is 3. The summed E-state index contributed by atoms with van der Waals surface area (Å²) < 4.78 is 5.62. The largest absolute Gasteiger partial charge is 0.493 e. The Bertz CT molecular complexity index is 417. The summed E-state index contributed by atoms with van der Waals surface area (Å²) in [6.07, 6.45) is 3.29. The molecule has 1 aromatic rings. The zero-order chi connectivity index (χ0) is 11.1. The average molecular weight is 218 g/mol. The van der Waals surface area contributed by atoms with E-state index in [1.54, 1.807) is 0 Å². The van der Waals surface area contributed by atoms with E-state index in [1.165, 1.54) is 16.8 Å². The van der Waals surface area contributed by atoms with Crippen LogP contribution in [0, 0.1) is 0 Å². The van der Waals surface area contributed by atoms with Crippen molar-refractivity contribution >= 4 is 5.69 Å². The number of ether oxygens (including phenoxy) is 1. The van der Waals surface area contributed by atoms with E-state index in [-0.39, 0.29) is 6.17 Å². The highest BCUT2D eigenvalue weighted by molar-refractivity contribution is 5.68. The van der Waals surface area contributed by atoms with Gasteiger partial charge in [-0.15, -0.1) is 0 Å². The van der Waals surface area contributed by atoms with Crippen LogP contribution < -0.4 is 15.4 Å². The quantitative estimate of drug-likeness (QED) is 0.820. The van der Waals surface area contributed by atoms with Gasteiger partial charge >= 0.3 is 0 Å². The van der Waals surface area contributed by atoms with Crippen LogP contribution in [0.3, 0.4) is 0 Å². The van der Waals surface area contributed by atoms with Gasteiger partial charge in [0.25, 0.3) is 0 Å². The summed E-state index contributed by atoms with van der Waals surface area (Å²) in [6, 6.07) is 4.31. The molecular weight excluding hydrogens is 200 g/mol. The van der Waals surface area contributed by atoms with Crippen molar-refractivity contribution in [3.05, 3.63) is 23.3 Å². The van der Waals surface area contributed by atoms with Crippen LogP contribution in [0.25, 0.3) is 0 Å². The number of nitrogens with zero attached hydrogens (tertiary/aromatic N) is 1. The molecule has 0 aromatic heterocycles. The smallest absolute Gasteiger partial charge is 0.124 e. The first-order valence-corrected chi connectivity index (χ1v) is 6.11. The van der Waals surface area contributed by atoms with Crippen molar-refractivity contribution in [1.82, 2.24) is 0 Å². The van der Waals surface area contributed by atoms with Gasteiger partial charge in [0.1, 0.15) is 5.75 Å². The standard InChI is InChI=1S/C13H18N2O/c1-2-12(14)15-7-5-9-3-4-11-10(13(9)15)6-8-16-11/h3-4,12H,2,5-8,14H2,1H3. The maximum absolute atomic E-state index is 6.17. The highest BCUT2D eigenvalue weighted by Gasteiger charge is 2.29. The molecule has 0 saturated carbocycles. The minimum absolute atomic E-state index is 0.147. The number of nitrogens with two attached hydrogens (primary N) is 1. The van der Waals surface area contributed by atoms with Crippen LogP contribution in [0.2, 0.25) is 0 Å². The van der Waals surface area contributed by atoms with Crippen molar-refractivity contribution in [2.45, 2.75) is 32.4 Å². The van der Waals surface area contributed by atoms with Crippen LogP contribution >= 0.6 is 0 Å². The molecule has 3 nitrogen and oxygen atoms in total. The second kappa shape index (κ2) is 3.67. The highest BCUT2D eigenvalue weighted by Crippen LogP contribution is 2.40. The van der Waals surface area contributed by atoms with Gasteiger partial charge in [-0.3, -0.25) is 0 Å². The fourth-order valence-electron chi connectivity index (χ4n) is 2.77. The maximum atomic E-state index is 6.17. The monoisotopic (exact) mass is 218 g/mol. The molecule has 3 heteroatoms.